The molecule has 1 aliphatic heterocycles. The van der Waals surface area contributed by atoms with E-state index in [4.69, 9.17) is 5.73 Å². The number of likely N-dealkylation sites (tertiary alicyclic amines) is 1. The van der Waals surface area contributed by atoms with Crippen LogP contribution in [-0.4, -0.2) is 29.6 Å². The van der Waals surface area contributed by atoms with Crippen molar-refractivity contribution in [2.24, 2.45) is 11.7 Å². The van der Waals surface area contributed by atoms with E-state index in [9.17, 15) is 0 Å². The summed E-state index contributed by atoms with van der Waals surface area (Å²) in [5.41, 5.74) is 6.14. The third kappa shape index (κ3) is 2.28. The van der Waals surface area contributed by atoms with E-state index < -0.39 is 0 Å². The van der Waals surface area contributed by atoms with Gasteiger partial charge in [0.25, 0.3) is 0 Å². The first-order valence-electron chi connectivity index (χ1n) is 7.13. The molecule has 2 N–H and O–H groups in total. The first-order valence-corrected chi connectivity index (χ1v) is 7.13. The first kappa shape index (κ1) is 12.4. The van der Waals surface area contributed by atoms with E-state index in [1.165, 1.54) is 51.5 Å². The molecule has 0 amide bonds. The molecule has 2 rings (SSSR count). The van der Waals surface area contributed by atoms with Gasteiger partial charge < -0.3 is 5.73 Å². The van der Waals surface area contributed by atoms with Gasteiger partial charge in [0, 0.05) is 11.6 Å². The van der Waals surface area contributed by atoms with Crippen molar-refractivity contribution in [3.05, 3.63) is 0 Å². The van der Waals surface area contributed by atoms with Crippen LogP contribution in [0.5, 0.6) is 0 Å². The Bertz CT molecular complexity index is 217. The van der Waals surface area contributed by atoms with Gasteiger partial charge in [0.1, 0.15) is 0 Å². The molecule has 2 heteroatoms. The maximum absolute atomic E-state index is 5.76. The summed E-state index contributed by atoms with van der Waals surface area (Å²) in [6.07, 6.45) is 9.71. The number of nitrogens with zero attached hydrogens (tertiary/aromatic N) is 1. The number of hydrogen-bond acceptors (Lipinski definition) is 2. The number of piperidine rings is 1. The minimum atomic E-state index is 0.382. The average Bonchev–Trinajstić information content (AvgIpc) is 2.74. The Kier molecular flexibility index (Phi) is 3.91. The van der Waals surface area contributed by atoms with Crippen LogP contribution < -0.4 is 5.73 Å². The van der Waals surface area contributed by atoms with Crippen LogP contribution in [0.1, 0.15) is 58.8 Å². The van der Waals surface area contributed by atoms with Gasteiger partial charge in [-0.15, -0.1) is 0 Å². The Morgan fingerprint density at radius 3 is 2.44 bits per heavy atom. The zero-order valence-corrected chi connectivity index (χ0v) is 11.0. The van der Waals surface area contributed by atoms with Crippen LogP contribution in [0.2, 0.25) is 0 Å². The first-order chi connectivity index (χ1) is 7.66. The molecule has 16 heavy (non-hydrogen) atoms. The normalized spacial score (nSPS) is 32.1. The molecule has 2 fully saturated rings. The van der Waals surface area contributed by atoms with Crippen molar-refractivity contribution in [1.29, 1.82) is 0 Å². The number of rotatable bonds is 3. The minimum absolute atomic E-state index is 0.382. The molecule has 0 aromatic carbocycles. The molecule has 0 bridgehead atoms. The van der Waals surface area contributed by atoms with E-state index in [-0.39, 0.29) is 0 Å². The Hall–Kier alpha value is -0.0800. The molecule has 1 atom stereocenters. The second-order valence-corrected chi connectivity index (χ2v) is 6.20. The van der Waals surface area contributed by atoms with Crippen LogP contribution >= 0.6 is 0 Å². The molecule has 0 aromatic rings. The lowest BCUT2D eigenvalue weighted by atomic mass is 9.76. The summed E-state index contributed by atoms with van der Waals surface area (Å²) in [5, 5.41) is 0. The SMILES string of the molecule is CC1(C)C(CCN)CCCN1C1CCCC1. The fourth-order valence-electron chi connectivity index (χ4n) is 3.95. The van der Waals surface area contributed by atoms with Crippen LogP contribution in [0.4, 0.5) is 0 Å². The molecule has 1 saturated heterocycles. The van der Waals surface area contributed by atoms with E-state index in [2.05, 4.69) is 18.7 Å². The van der Waals surface area contributed by atoms with Crippen LogP contribution in [0.25, 0.3) is 0 Å². The maximum Gasteiger partial charge on any atom is 0.0184 e. The summed E-state index contributed by atoms with van der Waals surface area (Å²) in [5.74, 6) is 0.812. The largest absolute Gasteiger partial charge is 0.330 e. The van der Waals surface area contributed by atoms with Gasteiger partial charge >= 0.3 is 0 Å². The standard InChI is InChI=1S/C14H28N2/c1-14(2)12(9-10-15)6-5-11-16(14)13-7-3-4-8-13/h12-13H,3-11,15H2,1-2H3. The smallest absolute Gasteiger partial charge is 0.0184 e. The summed E-state index contributed by atoms with van der Waals surface area (Å²) in [7, 11) is 0. The van der Waals surface area contributed by atoms with Crippen LogP contribution in [0.3, 0.4) is 0 Å². The van der Waals surface area contributed by atoms with Crippen molar-refractivity contribution in [3.63, 3.8) is 0 Å². The zero-order valence-electron chi connectivity index (χ0n) is 11.0. The molecule has 0 radical (unpaired) electrons. The lowest BCUT2D eigenvalue weighted by Crippen LogP contribution is -2.57. The molecular formula is C14H28N2. The third-order valence-electron chi connectivity index (χ3n) is 4.97. The Morgan fingerprint density at radius 1 is 1.12 bits per heavy atom. The van der Waals surface area contributed by atoms with E-state index >= 15 is 0 Å². The predicted octanol–water partition coefficient (Wildman–Crippen LogP) is 2.77. The van der Waals surface area contributed by atoms with Crippen molar-refractivity contribution in [2.75, 3.05) is 13.1 Å². The Labute approximate surface area is 101 Å². The summed E-state index contributed by atoms with van der Waals surface area (Å²) < 4.78 is 0. The second-order valence-electron chi connectivity index (χ2n) is 6.20. The topological polar surface area (TPSA) is 29.3 Å². The molecule has 0 spiro atoms. The van der Waals surface area contributed by atoms with Crippen molar-refractivity contribution in [2.45, 2.75) is 70.4 Å². The maximum atomic E-state index is 5.76. The van der Waals surface area contributed by atoms with Crippen molar-refractivity contribution < 1.29 is 0 Å². The van der Waals surface area contributed by atoms with Crippen LogP contribution in [-0.2, 0) is 0 Å². The van der Waals surface area contributed by atoms with Crippen molar-refractivity contribution in [1.82, 2.24) is 4.90 Å². The molecule has 1 aliphatic carbocycles. The van der Waals surface area contributed by atoms with Gasteiger partial charge in [-0.05, 0) is 65.0 Å². The van der Waals surface area contributed by atoms with Crippen LogP contribution in [0.15, 0.2) is 0 Å². The highest BCUT2D eigenvalue weighted by molar-refractivity contribution is 4.96. The quantitative estimate of drug-likeness (QED) is 0.798. The second kappa shape index (κ2) is 5.05. The van der Waals surface area contributed by atoms with E-state index in [1.807, 2.05) is 0 Å². The molecular weight excluding hydrogens is 196 g/mol. The van der Waals surface area contributed by atoms with E-state index in [1.54, 1.807) is 0 Å². The van der Waals surface area contributed by atoms with Gasteiger partial charge in [0.15, 0.2) is 0 Å². The number of nitrogens with two attached hydrogens (primary N) is 1. The summed E-state index contributed by atoms with van der Waals surface area (Å²) >= 11 is 0. The van der Waals surface area contributed by atoms with Gasteiger partial charge in [-0.2, -0.15) is 0 Å². The summed E-state index contributed by atoms with van der Waals surface area (Å²) in [6.45, 7) is 7.07. The van der Waals surface area contributed by atoms with Gasteiger partial charge in [-0.25, -0.2) is 0 Å². The fourth-order valence-corrected chi connectivity index (χ4v) is 3.95. The lowest BCUT2D eigenvalue weighted by Gasteiger charge is -2.51. The molecule has 1 unspecified atom stereocenters. The van der Waals surface area contributed by atoms with E-state index in [0.717, 1.165) is 18.5 Å². The fraction of sp³-hybridized carbons (Fsp3) is 1.00. The zero-order chi connectivity index (χ0) is 11.6. The highest BCUT2D eigenvalue weighted by atomic mass is 15.2. The molecule has 94 valence electrons. The summed E-state index contributed by atoms with van der Waals surface area (Å²) in [6, 6.07) is 0.871. The minimum Gasteiger partial charge on any atom is -0.330 e. The molecule has 1 heterocycles. The molecule has 1 saturated carbocycles. The van der Waals surface area contributed by atoms with Gasteiger partial charge in [-0.1, -0.05) is 12.8 Å². The third-order valence-corrected chi connectivity index (χ3v) is 4.97. The van der Waals surface area contributed by atoms with Gasteiger partial charge in [0.2, 0.25) is 0 Å². The monoisotopic (exact) mass is 224 g/mol. The lowest BCUT2D eigenvalue weighted by molar-refractivity contribution is -0.0129. The summed E-state index contributed by atoms with van der Waals surface area (Å²) in [4.78, 5) is 2.81. The molecule has 2 nitrogen and oxygen atoms in total. The highest BCUT2D eigenvalue weighted by Gasteiger charge is 2.41. The van der Waals surface area contributed by atoms with Gasteiger partial charge in [0.05, 0.1) is 0 Å². The number of hydrogen-bond donors (Lipinski definition) is 1. The Balaban J connectivity index is 2.05. The van der Waals surface area contributed by atoms with Crippen molar-refractivity contribution in [3.8, 4) is 0 Å². The van der Waals surface area contributed by atoms with Gasteiger partial charge in [-0.3, -0.25) is 4.90 Å². The van der Waals surface area contributed by atoms with Crippen molar-refractivity contribution >= 4 is 0 Å². The molecule has 2 aliphatic rings. The predicted molar refractivity (Wildman–Crippen MR) is 69.4 cm³/mol. The van der Waals surface area contributed by atoms with E-state index in [0.29, 0.717) is 5.54 Å². The van der Waals surface area contributed by atoms with Crippen LogP contribution in [0, 0.1) is 5.92 Å². The Morgan fingerprint density at radius 2 is 1.81 bits per heavy atom. The average molecular weight is 224 g/mol. The molecule has 0 aromatic heterocycles. The highest BCUT2D eigenvalue weighted by Crippen LogP contribution is 2.39.